The minimum absolute atomic E-state index is 0.0918. The molecule has 1 aromatic carbocycles. The van der Waals surface area contributed by atoms with Gasteiger partial charge in [0.25, 0.3) is 5.91 Å². The molecule has 2 heterocycles. The molecule has 2 aromatic heterocycles. The maximum atomic E-state index is 13.1. The van der Waals surface area contributed by atoms with Gasteiger partial charge in [0.1, 0.15) is 5.82 Å². The number of hydrogen-bond donors (Lipinski definition) is 2. The largest absolute Gasteiger partial charge is 0.348 e. The molecule has 2 N–H and O–H groups in total. The Balaban J connectivity index is 1.83. The van der Waals surface area contributed by atoms with Crippen LogP contribution in [0.1, 0.15) is 17.3 Å². The van der Waals surface area contributed by atoms with Gasteiger partial charge < -0.3 is 9.88 Å². The number of amides is 1. The van der Waals surface area contributed by atoms with Crippen molar-refractivity contribution in [3.8, 4) is 11.4 Å². The Morgan fingerprint density at radius 1 is 1.21 bits per heavy atom. The van der Waals surface area contributed by atoms with E-state index >= 15 is 0 Å². The molecule has 0 radical (unpaired) electrons. The second-order valence-electron chi connectivity index (χ2n) is 6.27. The quantitative estimate of drug-likeness (QED) is 0.613. The van der Waals surface area contributed by atoms with Crippen molar-refractivity contribution in [2.24, 2.45) is 7.05 Å². The van der Waals surface area contributed by atoms with Gasteiger partial charge in [-0.2, -0.15) is 0 Å². The number of nitrogens with zero attached hydrogens (tertiary/aromatic N) is 2. The van der Waals surface area contributed by atoms with Crippen LogP contribution >= 0.6 is 11.6 Å². The number of rotatable bonds is 6. The molecule has 3 rings (SSSR count). The molecule has 0 atom stereocenters. The lowest BCUT2D eigenvalue weighted by Crippen LogP contribution is -2.15. The van der Waals surface area contributed by atoms with Crippen molar-refractivity contribution in [3.63, 3.8) is 0 Å². The van der Waals surface area contributed by atoms with Gasteiger partial charge in [-0.25, -0.2) is 12.8 Å². The maximum Gasteiger partial charge on any atom is 0.257 e. The number of halogens is 2. The normalized spacial score (nSPS) is 11.3. The standard InChI is InChI=1S/C19H18ClFN4O3S/c1-3-29(27,28)24-16-8-13(20)7-15(9-16)23-19(26)12-6-18(25(2)11-12)17-5-4-14(21)10-22-17/h4-11,24H,3H2,1-2H3,(H,23,26). The van der Waals surface area contributed by atoms with Gasteiger partial charge in [0.2, 0.25) is 10.0 Å². The topological polar surface area (TPSA) is 93.1 Å². The average Bonchev–Trinajstić information content (AvgIpc) is 3.03. The predicted molar refractivity (Wildman–Crippen MR) is 111 cm³/mol. The maximum absolute atomic E-state index is 13.1. The van der Waals surface area contributed by atoms with E-state index in [1.807, 2.05) is 0 Å². The molecule has 0 unspecified atom stereocenters. The molecule has 0 saturated carbocycles. The number of benzene rings is 1. The molecule has 1 amide bonds. The summed E-state index contributed by atoms with van der Waals surface area (Å²) in [7, 11) is -1.74. The monoisotopic (exact) mass is 436 g/mol. The van der Waals surface area contributed by atoms with Crippen molar-refractivity contribution >= 4 is 38.9 Å². The first-order valence-electron chi connectivity index (χ1n) is 8.57. The van der Waals surface area contributed by atoms with E-state index in [1.54, 1.807) is 23.9 Å². The molecule has 7 nitrogen and oxygen atoms in total. The van der Waals surface area contributed by atoms with Crippen LogP contribution in [-0.4, -0.2) is 29.6 Å². The minimum atomic E-state index is -3.48. The molecule has 152 valence electrons. The number of aromatic nitrogens is 2. The summed E-state index contributed by atoms with van der Waals surface area (Å²) >= 11 is 6.04. The second-order valence-corrected chi connectivity index (χ2v) is 8.72. The van der Waals surface area contributed by atoms with Gasteiger partial charge in [-0.15, -0.1) is 0 Å². The Bertz CT molecular complexity index is 1160. The van der Waals surface area contributed by atoms with Gasteiger partial charge in [0, 0.05) is 24.0 Å². The van der Waals surface area contributed by atoms with Crippen molar-refractivity contribution in [1.82, 2.24) is 9.55 Å². The lowest BCUT2D eigenvalue weighted by Gasteiger charge is -2.10. The van der Waals surface area contributed by atoms with E-state index in [0.29, 0.717) is 22.6 Å². The van der Waals surface area contributed by atoms with Crippen LogP contribution in [0.15, 0.2) is 48.8 Å². The Morgan fingerprint density at radius 2 is 1.93 bits per heavy atom. The van der Waals surface area contributed by atoms with E-state index in [1.165, 1.54) is 37.3 Å². The third-order valence-electron chi connectivity index (χ3n) is 4.07. The number of aryl methyl sites for hydroxylation is 1. The highest BCUT2D eigenvalue weighted by Crippen LogP contribution is 2.25. The van der Waals surface area contributed by atoms with Gasteiger partial charge >= 0.3 is 0 Å². The summed E-state index contributed by atoms with van der Waals surface area (Å²) < 4.78 is 40.7. The van der Waals surface area contributed by atoms with Gasteiger partial charge in [0.05, 0.1) is 34.6 Å². The smallest absolute Gasteiger partial charge is 0.257 e. The van der Waals surface area contributed by atoms with Crippen molar-refractivity contribution < 1.29 is 17.6 Å². The summed E-state index contributed by atoms with van der Waals surface area (Å²) in [4.78, 5) is 16.7. The first-order chi connectivity index (χ1) is 13.7. The van der Waals surface area contributed by atoms with E-state index in [4.69, 9.17) is 11.6 Å². The van der Waals surface area contributed by atoms with Gasteiger partial charge in [-0.3, -0.25) is 14.5 Å². The number of carbonyl (C=O) groups is 1. The van der Waals surface area contributed by atoms with Gasteiger partial charge in [-0.1, -0.05) is 11.6 Å². The number of pyridine rings is 1. The molecule has 0 aliphatic heterocycles. The van der Waals surface area contributed by atoms with Gasteiger partial charge in [-0.05, 0) is 43.3 Å². The van der Waals surface area contributed by atoms with Crippen LogP contribution in [0.2, 0.25) is 5.02 Å². The zero-order valence-corrected chi connectivity index (χ0v) is 17.2. The highest BCUT2D eigenvalue weighted by molar-refractivity contribution is 7.92. The summed E-state index contributed by atoms with van der Waals surface area (Å²) in [5, 5.41) is 2.96. The highest BCUT2D eigenvalue weighted by atomic mass is 35.5. The Hall–Kier alpha value is -2.91. The summed E-state index contributed by atoms with van der Waals surface area (Å²) in [5.74, 6) is -0.956. The average molecular weight is 437 g/mol. The van der Waals surface area contributed by atoms with Crippen molar-refractivity contribution in [3.05, 3.63) is 65.2 Å². The molecular weight excluding hydrogens is 419 g/mol. The Kier molecular flexibility index (Phi) is 5.90. The number of anilines is 2. The zero-order chi connectivity index (χ0) is 21.2. The van der Waals surface area contributed by atoms with Crippen molar-refractivity contribution in [2.45, 2.75) is 6.92 Å². The van der Waals surface area contributed by atoms with E-state index in [0.717, 1.165) is 6.20 Å². The molecule has 0 saturated heterocycles. The first-order valence-corrected chi connectivity index (χ1v) is 10.6. The van der Waals surface area contributed by atoms with Crippen LogP contribution in [0.5, 0.6) is 0 Å². The van der Waals surface area contributed by atoms with Crippen LogP contribution in [0, 0.1) is 5.82 Å². The SMILES string of the molecule is CCS(=O)(=O)Nc1cc(Cl)cc(NC(=O)c2cc(-c3ccc(F)cn3)n(C)c2)c1. The van der Waals surface area contributed by atoms with E-state index in [-0.39, 0.29) is 16.5 Å². The highest BCUT2D eigenvalue weighted by Gasteiger charge is 2.15. The lowest BCUT2D eigenvalue weighted by molar-refractivity contribution is 0.102. The van der Waals surface area contributed by atoms with Crippen molar-refractivity contribution in [2.75, 3.05) is 15.8 Å². The van der Waals surface area contributed by atoms with Crippen molar-refractivity contribution in [1.29, 1.82) is 0 Å². The fraction of sp³-hybridized carbons (Fsp3) is 0.158. The third-order valence-corrected chi connectivity index (χ3v) is 5.59. The molecule has 0 aliphatic rings. The number of hydrogen-bond acceptors (Lipinski definition) is 4. The lowest BCUT2D eigenvalue weighted by atomic mass is 10.2. The van der Waals surface area contributed by atoms with Gasteiger partial charge in [0.15, 0.2) is 0 Å². The zero-order valence-electron chi connectivity index (χ0n) is 15.6. The van der Waals surface area contributed by atoms with Crippen LogP contribution in [0.4, 0.5) is 15.8 Å². The third kappa shape index (κ3) is 5.12. The first kappa shape index (κ1) is 20.8. The van der Waals surface area contributed by atoms with E-state index in [2.05, 4.69) is 15.0 Å². The number of carbonyl (C=O) groups excluding carboxylic acids is 1. The molecule has 0 aliphatic carbocycles. The van der Waals surface area contributed by atoms with Crippen LogP contribution in [-0.2, 0) is 17.1 Å². The molecule has 3 aromatic rings. The van der Waals surface area contributed by atoms with Crippen LogP contribution in [0.25, 0.3) is 11.4 Å². The van der Waals surface area contributed by atoms with E-state index in [9.17, 15) is 17.6 Å². The molecule has 0 spiro atoms. The summed E-state index contributed by atoms with van der Waals surface area (Å²) in [5.41, 5.74) is 2.09. The molecule has 0 fully saturated rings. The summed E-state index contributed by atoms with van der Waals surface area (Å²) in [6.07, 6.45) is 2.72. The fourth-order valence-electron chi connectivity index (χ4n) is 2.65. The predicted octanol–water partition coefficient (Wildman–Crippen LogP) is 3.89. The second kappa shape index (κ2) is 8.22. The van der Waals surface area contributed by atoms with Crippen LogP contribution in [0.3, 0.4) is 0 Å². The molecule has 0 bridgehead atoms. The fourth-order valence-corrected chi connectivity index (χ4v) is 3.50. The molecule has 29 heavy (non-hydrogen) atoms. The molecule has 10 heteroatoms. The van der Waals surface area contributed by atoms with E-state index < -0.39 is 21.7 Å². The number of sulfonamides is 1. The molecular formula is C19H18ClFN4O3S. The Labute approximate surface area is 172 Å². The summed E-state index contributed by atoms with van der Waals surface area (Å²) in [6.45, 7) is 1.51. The van der Waals surface area contributed by atoms with Crippen LogP contribution < -0.4 is 10.0 Å². The summed E-state index contributed by atoms with van der Waals surface area (Å²) in [6, 6.07) is 8.87. The minimum Gasteiger partial charge on any atom is -0.348 e. The number of nitrogens with one attached hydrogen (secondary N) is 2. The Morgan fingerprint density at radius 3 is 2.59 bits per heavy atom.